The summed E-state index contributed by atoms with van der Waals surface area (Å²) in [6.07, 6.45) is 1.74. The highest BCUT2D eigenvalue weighted by Gasteiger charge is 2.08. The molecule has 0 saturated heterocycles. The number of methoxy groups -OCH3 is 1. The van der Waals surface area contributed by atoms with Gasteiger partial charge in [0.25, 0.3) is 5.91 Å². The number of nitrogens with zero attached hydrogens (tertiary/aromatic N) is 2. The zero-order chi connectivity index (χ0) is 25.2. The Labute approximate surface area is 207 Å². The lowest BCUT2D eigenvalue weighted by Crippen LogP contribution is -2.31. The van der Waals surface area contributed by atoms with E-state index in [1.165, 1.54) is 5.01 Å². The number of likely N-dealkylation sites (N-methyl/N-ethyl adjacent to an activating group) is 1. The third-order valence-corrected chi connectivity index (χ3v) is 5.51. The number of hydrogen-bond acceptors (Lipinski definition) is 7. The maximum absolute atomic E-state index is 12.6. The van der Waals surface area contributed by atoms with Gasteiger partial charge in [-0.15, -0.1) is 0 Å². The number of benzene rings is 3. The van der Waals surface area contributed by atoms with Crippen LogP contribution in [0.15, 0.2) is 84.7 Å². The molecule has 0 aliphatic rings. The molecule has 35 heavy (non-hydrogen) atoms. The minimum Gasteiger partial charge on any atom is -0.497 e. The molecule has 0 aliphatic carbocycles. The second kappa shape index (κ2) is 12.5. The lowest BCUT2D eigenvalue weighted by atomic mass is 10.2. The van der Waals surface area contributed by atoms with E-state index in [0.717, 1.165) is 30.2 Å². The van der Waals surface area contributed by atoms with Gasteiger partial charge in [0.05, 0.1) is 12.8 Å². The van der Waals surface area contributed by atoms with Crippen molar-refractivity contribution >= 4 is 28.7 Å². The largest absolute Gasteiger partial charge is 0.497 e. The van der Waals surface area contributed by atoms with Crippen molar-refractivity contribution in [1.82, 2.24) is 4.90 Å². The van der Waals surface area contributed by atoms with Crippen molar-refractivity contribution in [3.8, 4) is 5.75 Å². The first-order chi connectivity index (χ1) is 16.9. The summed E-state index contributed by atoms with van der Waals surface area (Å²) in [6.45, 7) is 6.72. The first-order valence-corrected chi connectivity index (χ1v) is 11.6. The topological polar surface area (TPSA) is 109 Å². The van der Waals surface area contributed by atoms with Gasteiger partial charge in [-0.1, -0.05) is 26.0 Å². The Morgan fingerprint density at radius 3 is 2.23 bits per heavy atom. The molecule has 0 radical (unpaired) electrons. The smallest absolute Gasteiger partial charge is 0.255 e. The molecule has 0 heterocycles. The Hall–Kier alpha value is -4.01. The molecule has 8 heteroatoms. The normalized spacial score (nSPS) is 11.3. The van der Waals surface area contributed by atoms with Crippen molar-refractivity contribution in [2.24, 2.45) is 11.6 Å². The number of nitrogens with two attached hydrogens (primary N) is 2. The summed E-state index contributed by atoms with van der Waals surface area (Å²) in [6, 6.07) is 22.2. The number of nitrogens with one attached hydrogen (secondary N) is 2. The molecule has 0 saturated carbocycles. The Balaban J connectivity index is 1.67. The predicted molar refractivity (Wildman–Crippen MR) is 144 cm³/mol. The number of hydrogen-bond donors (Lipinski definition) is 4. The molecule has 0 aromatic heterocycles. The summed E-state index contributed by atoms with van der Waals surface area (Å²) >= 11 is 0. The number of amides is 1. The van der Waals surface area contributed by atoms with Crippen LogP contribution in [0.2, 0.25) is 0 Å². The average molecular weight is 475 g/mol. The van der Waals surface area contributed by atoms with Gasteiger partial charge in [0.1, 0.15) is 5.75 Å². The van der Waals surface area contributed by atoms with Gasteiger partial charge in [-0.05, 0) is 73.8 Å². The molecule has 3 rings (SSSR count). The van der Waals surface area contributed by atoms with Crippen LogP contribution in [-0.2, 0) is 0 Å². The number of carbonyl (C=O) groups is 1. The first-order valence-electron chi connectivity index (χ1n) is 11.6. The first kappa shape index (κ1) is 25.6. The predicted octanol–water partition coefficient (Wildman–Crippen LogP) is 4.51. The highest BCUT2D eigenvalue weighted by molar-refractivity contribution is 6.04. The molecular weight excluding hydrogens is 440 g/mol. The highest BCUT2D eigenvalue weighted by atomic mass is 16.5. The molecule has 184 valence electrons. The average Bonchev–Trinajstić information content (AvgIpc) is 2.87. The molecule has 3 aromatic rings. The SMILES string of the molecule is CCN(CC)C/C(N)=C/N(N)c1cccc(Nc2cccc(NC(=O)c3ccc(OC)cc3)c2)c1. The Morgan fingerprint density at radius 2 is 1.57 bits per heavy atom. The maximum atomic E-state index is 12.6. The van der Waals surface area contributed by atoms with E-state index in [2.05, 4.69) is 29.4 Å². The van der Waals surface area contributed by atoms with Crippen molar-refractivity contribution in [2.75, 3.05) is 42.4 Å². The minimum atomic E-state index is -0.195. The van der Waals surface area contributed by atoms with Crippen LogP contribution in [0, 0.1) is 0 Å². The molecule has 0 aliphatic heterocycles. The Kier molecular flexibility index (Phi) is 9.11. The fourth-order valence-electron chi connectivity index (χ4n) is 3.53. The van der Waals surface area contributed by atoms with Crippen molar-refractivity contribution in [3.05, 3.63) is 90.3 Å². The van der Waals surface area contributed by atoms with Gasteiger partial charge in [0, 0.05) is 41.1 Å². The van der Waals surface area contributed by atoms with E-state index in [-0.39, 0.29) is 5.91 Å². The van der Waals surface area contributed by atoms with E-state index >= 15 is 0 Å². The van der Waals surface area contributed by atoms with Crippen LogP contribution in [0.5, 0.6) is 5.75 Å². The van der Waals surface area contributed by atoms with E-state index in [1.54, 1.807) is 37.6 Å². The molecule has 0 fully saturated rings. The highest BCUT2D eigenvalue weighted by Crippen LogP contribution is 2.24. The quantitative estimate of drug-likeness (QED) is 0.239. The van der Waals surface area contributed by atoms with Gasteiger partial charge < -0.3 is 21.1 Å². The fourth-order valence-corrected chi connectivity index (χ4v) is 3.53. The van der Waals surface area contributed by atoms with Crippen molar-refractivity contribution in [2.45, 2.75) is 13.8 Å². The minimum absolute atomic E-state index is 0.195. The summed E-state index contributed by atoms with van der Waals surface area (Å²) < 4.78 is 5.14. The summed E-state index contributed by atoms with van der Waals surface area (Å²) in [5.74, 6) is 6.75. The van der Waals surface area contributed by atoms with Gasteiger partial charge >= 0.3 is 0 Å². The van der Waals surface area contributed by atoms with Gasteiger partial charge in [-0.25, -0.2) is 5.84 Å². The summed E-state index contributed by atoms with van der Waals surface area (Å²) in [5, 5.41) is 7.81. The van der Waals surface area contributed by atoms with Crippen LogP contribution in [0.25, 0.3) is 0 Å². The second-order valence-electron chi connectivity index (χ2n) is 8.01. The zero-order valence-corrected chi connectivity index (χ0v) is 20.5. The molecule has 1 amide bonds. The third kappa shape index (κ3) is 7.49. The van der Waals surface area contributed by atoms with Crippen LogP contribution < -0.4 is 32.0 Å². The summed E-state index contributed by atoms with van der Waals surface area (Å²) in [7, 11) is 1.59. The fraction of sp³-hybridized carbons (Fsp3) is 0.222. The number of ether oxygens (including phenoxy) is 1. The van der Waals surface area contributed by atoms with E-state index in [1.807, 2.05) is 48.5 Å². The maximum Gasteiger partial charge on any atom is 0.255 e. The van der Waals surface area contributed by atoms with Crippen LogP contribution in [0.3, 0.4) is 0 Å². The van der Waals surface area contributed by atoms with Crippen LogP contribution in [0.4, 0.5) is 22.7 Å². The molecule has 0 atom stereocenters. The van der Waals surface area contributed by atoms with E-state index in [4.69, 9.17) is 16.3 Å². The summed E-state index contributed by atoms with van der Waals surface area (Å²) in [4.78, 5) is 14.8. The lowest BCUT2D eigenvalue weighted by molar-refractivity contribution is 0.102. The number of hydrazine groups is 1. The van der Waals surface area contributed by atoms with E-state index in [9.17, 15) is 4.79 Å². The molecule has 0 bridgehead atoms. The number of carbonyl (C=O) groups excluding carboxylic acids is 1. The van der Waals surface area contributed by atoms with Crippen molar-refractivity contribution < 1.29 is 9.53 Å². The third-order valence-electron chi connectivity index (χ3n) is 5.51. The summed E-state index contributed by atoms with van der Waals surface area (Å²) in [5.41, 5.74) is 10.6. The molecule has 8 nitrogen and oxygen atoms in total. The Bertz CT molecular complexity index is 1140. The van der Waals surface area contributed by atoms with Crippen LogP contribution in [-0.4, -0.2) is 37.6 Å². The molecule has 3 aromatic carbocycles. The molecule has 0 unspecified atom stereocenters. The standard InChI is InChI=1S/C27H34N6O2/c1-4-32(5-2)18-21(28)19-33(29)25-11-7-10-24(17-25)30-22-8-6-9-23(16-22)31-27(34)20-12-14-26(35-3)15-13-20/h6-17,19,30H,4-5,18,28-29H2,1-3H3,(H,31,34)/b21-19-. The number of rotatable bonds is 11. The molecule has 0 spiro atoms. The monoisotopic (exact) mass is 474 g/mol. The molecule has 6 N–H and O–H groups in total. The van der Waals surface area contributed by atoms with E-state index in [0.29, 0.717) is 29.2 Å². The van der Waals surface area contributed by atoms with Crippen molar-refractivity contribution in [1.29, 1.82) is 0 Å². The van der Waals surface area contributed by atoms with Crippen LogP contribution in [0.1, 0.15) is 24.2 Å². The van der Waals surface area contributed by atoms with E-state index < -0.39 is 0 Å². The van der Waals surface area contributed by atoms with Crippen LogP contribution >= 0.6 is 0 Å². The van der Waals surface area contributed by atoms with Gasteiger partial charge in [0.15, 0.2) is 0 Å². The Morgan fingerprint density at radius 1 is 0.943 bits per heavy atom. The van der Waals surface area contributed by atoms with Gasteiger partial charge in [0.2, 0.25) is 0 Å². The molecular formula is C27H34N6O2. The second-order valence-corrected chi connectivity index (χ2v) is 8.01. The number of anilines is 4. The van der Waals surface area contributed by atoms with Crippen molar-refractivity contribution in [3.63, 3.8) is 0 Å². The van der Waals surface area contributed by atoms with Gasteiger partial charge in [-0.3, -0.25) is 14.7 Å². The van der Waals surface area contributed by atoms with Gasteiger partial charge in [-0.2, -0.15) is 0 Å². The zero-order valence-electron chi connectivity index (χ0n) is 20.5. The lowest BCUT2D eigenvalue weighted by Gasteiger charge is -2.21.